The van der Waals surface area contributed by atoms with Crippen molar-refractivity contribution in [1.82, 2.24) is 5.43 Å². The van der Waals surface area contributed by atoms with Gasteiger partial charge in [-0.3, -0.25) is 11.3 Å². The first-order valence-corrected chi connectivity index (χ1v) is 9.01. The molecule has 6 heteroatoms. The van der Waals surface area contributed by atoms with Gasteiger partial charge in [-0.25, -0.2) is 8.42 Å². The summed E-state index contributed by atoms with van der Waals surface area (Å²) in [5.41, 5.74) is 5.07. The number of hydrogen-bond acceptors (Lipinski definition) is 5. The molecule has 3 N–H and O–H groups in total. The van der Waals surface area contributed by atoms with Crippen LogP contribution in [0.5, 0.6) is 0 Å². The lowest BCUT2D eigenvalue weighted by atomic mass is 9.90. The minimum absolute atomic E-state index is 0.128. The topological polar surface area (TPSA) is 81.4 Å². The first-order valence-electron chi connectivity index (χ1n) is 7.12. The van der Waals surface area contributed by atoms with Gasteiger partial charge in [0.1, 0.15) is 0 Å². The first kappa shape index (κ1) is 16.4. The van der Waals surface area contributed by atoms with E-state index in [4.69, 9.17) is 10.6 Å². The van der Waals surface area contributed by atoms with Crippen LogP contribution in [0, 0.1) is 0 Å². The third-order valence-corrected chi connectivity index (χ3v) is 6.73. The van der Waals surface area contributed by atoms with Gasteiger partial charge in [0, 0.05) is 12.3 Å². The third-order valence-electron chi connectivity index (χ3n) is 4.54. The molecule has 0 amide bonds. The number of rotatable bonds is 5. The van der Waals surface area contributed by atoms with E-state index in [2.05, 4.69) is 11.5 Å². The molecule has 0 saturated carbocycles. The van der Waals surface area contributed by atoms with Crippen LogP contribution in [0.1, 0.15) is 37.5 Å². The minimum atomic E-state index is -3.24. The molecule has 21 heavy (non-hydrogen) atoms. The average Bonchev–Trinajstić information content (AvgIpc) is 2.43. The quantitative estimate of drug-likeness (QED) is 0.633. The summed E-state index contributed by atoms with van der Waals surface area (Å²) in [6.45, 7) is 4.04. The van der Waals surface area contributed by atoms with Crippen molar-refractivity contribution in [3.63, 3.8) is 0 Å². The number of benzene rings is 1. The van der Waals surface area contributed by atoms with E-state index in [1.807, 2.05) is 18.2 Å². The lowest BCUT2D eigenvalue weighted by Gasteiger charge is -2.36. The molecular weight excluding hydrogens is 288 g/mol. The summed E-state index contributed by atoms with van der Waals surface area (Å²) in [4.78, 5) is 0. The molecule has 2 atom stereocenters. The second-order valence-electron chi connectivity index (χ2n) is 6.14. The maximum absolute atomic E-state index is 12.0. The van der Waals surface area contributed by atoms with E-state index in [0.29, 0.717) is 13.0 Å². The molecule has 0 saturated heterocycles. The van der Waals surface area contributed by atoms with Gasteiger partial charge in [0.15, 0.2) is 9.84 Å². The fourth-order valence-electron chi connectivity index (χ4n) is 2.70. The number of ether oxygens (including phenoxy) is 1. The Morgan fingerprint density at radius 3 is 2.71 bits per heavy atom. The highest BCUT2D eigenvalue weighted by molar-refractivity contribution is 7.92. The zero-order chi connectivity index (χ0) is 15.7. The summed E-state index contributed by atoms with van der Waals surface area (Å²) < 4.78 is 28.9. The van der Waals surface area contributed by atoms with E-state index < -0.39 is 14.6 Å². The fourth-order valence-corrected chi connectivity index (χ4v) is 3.38. The van der Waals surface area contributed by atoms with Gasteiger partial charge in [0.05, 0.1) is 17.5 Å². The minimum Gasteiger partial charge on any atom is -0.373 e. The standard InChI is InChI=1S/C15H24N2O3S/c1-15(2,21(3,18)19)14(17-16)10-13-12-7-5-4-6-11(12)8-9-20-13/h4-7,13-14,17H,8-10,16H2,1-3H3. The SMILES string of the molecule is CC(C)(C(CC1OCCc2ccccc21)NN)S(C)(=O)=O. The highest BCUT2D eigenvalue weighted by atomic mass is 32.2. The van der Waals surface area contributed by atoms with Gasteiger partial charge in [0.2, 0.25) is 0 Å². The third kappa shape index (κ3) is 3.29. The second kappa shape index (κ2) is 6.04. The zero-order valence-corrected chi connectivity index (χ0v) is 13.6. The summed E-state index contributed by atoms with van der Waals surface area (Å²) in [5.74, 6) is 5.62. The molecule has 1 aliphatic heterocycles. The van der Waals surface area contributed by atoms with E-state index in [1.54, 1.807) is 13.8 Å². The largest absolute Gasteiger partial charge is 0.373 e. The fraction of sp³-hybridized carbons (Fsp3) is 0.600. The van der Waals surface area contributed by atoms with E-state index in [0.717, 1.165) is 12.0 Å². The Kier molecular flexibility index (Phi) is 4.72. The Morgan fingerprint density at radius 2 is 2.10 bits per heavy atom. The average molecular weight is 312 g/mol. The molecule has 0 radical (unpaired) electrons. The van der Waals surface area contributed by atoms with Crippen molar-refractivity contribution in [3.8, 4) is 0 Å². The number of nitrogens with one attached hydrogen (secondary N) is 1. The smallest absolute Gasteiger partial charge is 0.154 e. The Morgan fingerprint density at radius 1 is 1.43 bits per heavy atom. The van der Waals surface area contributed by atoms with E-state index in [9.17, 15) is 8.42 Å². The van der Waals surface area contributed by atoms with Crippen LogP contribution in [0.15, 0.2) is 24.3 Å². The molecule has 0 aromatic heterocycles. The van der Waals surface area contributed by atoms with Crippen molar-refractivity contribution < 1.29 is 13.2 Å². The van der Waals surface area contributed by atoms with Gasteiger partial charge in [-0.1, -0.05) is 24.3 Å². The molecule has 1 aromatic carbocycles. The van der Waals surface area contributed by atoms with Crippen LogP contribution < -0.4 is 11.3 Å². The van der Waals surface area contributed by atoms with Crippen LogP contribution in [-0.2, 0) is 21.0 Å². The lowest BCUT2D eigenvalue weighted by molar-refractivity contribution is 0.0269. The molecule has 0 bridgehead atoms. The number of hydrogen-bond donors (Lipinski definition) is 2. The predicted molar refractivity (Wildman–Crippen MR) is 83.5 cm³/mol. The predicted octanol–water partition coefficient (Wildman–Crippen LogP) is 1.35. The molecule has 2 rings (SSSR count). The molecule has 0 aliphatic carbocycles. The maximum atomic E-state index is 12.0. The molecule has 5 nitrogen and oxygen atoms in total. The Hall–Kier alpha value is -0.950. The van der Waals surface area contributed by atoms with Gasteiger partial charge in [-0.05, 0) is 37.8 Å². The van der Waals surface area contributed by atoms with Gasteiger partial charge < -0.3 is 4.74 Å². The van der Waals surface area contributed by atoms with Crippen molar-refractivity contribution in [2.75, 3.05) is 12.9 Å². The molecule has 2 unspecified atom stereocenters. The highest BCUT2D eigenvalue weighted by Gasteiger charge is 2.40. The van der Waals surface area contributed by atoms with Gasteiger partial charge >= 0.3 is 0 Å². The molecule has 0 spiro atoms. The van der Waals surface area contributed by atoms with Crippen molar-refractivity contribution in [3.05, 3.63) is 35.4 Å². The van der Waals surface area contributed by atoms with Crippen molar-refractivity contribution in [2.24, 2.45) is 5.84 Å². The van der Waals surface area contributed by atoms with Crippen LogP contribution >= 0.6 is 0 Å². The van der Waals surface area contributed by atoms with Gasteiger partial charge in [-0.2, -0.15) is 0 Å². The number of sulfone groups is 1. The number of hydrazine groups is 1. The first-order chi connectivity index (χ1) is 9.77. The van der Waals surface area contributed by atoms with Crippen LogP contribution in [0.3, 0.4) is 0 Å². The molecule has 1 heterocycles. The maximum Gasteiger partial charge on any atom is 0.154 e. The van der Waals surface area contributed by atoms with E-state index in [1.165, 1.54) is 11.8 Å². The molecule has 118 valence electrons. The van der Waals surface area contributed by atoms with Crippen molar-refractivity contribution in [2.45, 2.75) is 43.6 Å². The van der Waals surface area contributed by atoms with Crippen LogP contribution in [0.2, 0.25) is 0 Å². The van der Waals surface area contributed by atoms with Crippen LogP contribution in [0.4, 0.5) is 0 Å². The van der Waals surface area contributed by atoms with Crippen molar-refractivity contribution in [1.29, 1.82) is 0 Å². The Balaban J connectivity index is 2.25. The Bertz CT molecular complexity index is 599. The van der Waals surface area contributed by atoms with Gasteiger partial charge in [0.25, 0.3) is 0 Å². The van der Waals surface area contributed by atoms with E-state index in [-0.39, 0.29) is 12.1 Å². The number of nitrogens with two attached hydrogens (primary N) is 1. The molecule has 1 aliphatic rings. The molecule has 0 fully saturated rings. The van der Waals surface area contributed by atoms with Crippen LogP contribution in [0.25, 0.3) is 0 Å². The summed E-state index contributed by atoms with van der Waals surface area (Å²) in [7, 11) is -3.24. The van der Waals surface area contributed by atoms with E-state index >= 15 is 0 Å². The zero-order valence-electron chi connectivity index (χ0n) is 12.8. The normalized spacial score (nSPS) is 20.9. The highest BCUT2D eigenvalue weighted by Crippen LogP contribution is 2.34. The second-order valence-corrected chi connectivity index (χ2v) is 8.74. The monoisotopic (exact) mass is 312 g/mol. The summed E-state index contributed by atoms with van der Waals surface area (Å²) in [6.07, 6.45) is 2.53. The molecular formula is C15H24N2O3S. The Labute approximate surface area is 126 Å². The van der Waals surface area contributed by atoms with Gasteiger partial charge in [-0.15, -0.1) is 0 Å². The van der Waals surface area contributed by atoms with Crippen LogP contribution in [-0.4, -0.2) is 32.1 Å². The summed E-state index contributed by atoms with van der Waals surface area (Å²) in [6, 6.07) is 7.74. The summed E-state index contributed by atoms with van der Waals surface area (Å²) in [5, 5.41) is 0. The molecule has 1 aromatic rings. The number of fused-ring (bicyclic) bond motifs is 1. The lowest BCUT2D eigenvalue weighted by Crippen LogP contribution is -2.54. The summed E-state index contributed by atoms with van der Waals surface area (Å²) >= 11 is 0. The van der Waals surface area contributed by atoms with Crippen molar-refractivity contribution >= 4 is 9.84 Å².